The van der Waals surface area contributed by atoms with E-state index in [9.17, 15) is 22.4 Å². The monoisotopic (exact) mass is 506 g/mol. The molecular formula is C21H22F4N10O. The van der Waals surface area contributed by atoms with Crippen LogP contribution in [0.1, 0.15) is 13.3 Å². The maximum Gasteiger partial charge on any atom is 0.285 e. The number of carbonyl (C=O) groups is 1. The van der Waals surface area contributed by atoms with Gasteiger partial charge in [0.25, 0.3) is 12.3 Å². The van der Waals surface area contributed by atoms with E-state index in [2.05, 4.69) is 36.0 Å². The standard InChI is InChI=1S/C21H22F4N10O/c1-11(36)33-7-6-15(21(24,25)10-33)28-20-29-18(26-2)17-12(5-8-34(17)31-20)13-3-4-14-19(27-13)35(32-30-14)9-16(22)23/h3-5,8,15-16H,6-7,9-10H2,1-2H3,(H2,26,28,29,31). The van der Waals surface area contributed by atoms with Gasteiger partial charge in [0.2, 0.25) is 11.9 Å². The number of nitrogens with one attached hydrogen (secondary N) is 2. The maximum absolute atomic E-state index is 14.7. The lowest BCUT2D eigenvalue weighted by Crippen LogP contribution is -2.55. The fourth-order valence-electron chi connectivity index (χ4n) is 4.27. The van der Waals surface area contributed by atoms with Gasteiger partial charge in [0.05, 0.1) is 18.3 Å². The third-order valence-corrected chi connectivity index (χ3v) is 6.04. The number of pyridine rings is 1. The quantitative estimate of drug-likeness (QED) is 0.383. The predicted molar refractivity (Wildman–Crippen MR) is 122 cm³/mol. The fourth-order valence-corrected chi connectivity index (χ4v) is 4.27. The number of rotatable bonds is 6. The van der Waals surface area contributed by atoms with E-state index in [4.69, 9.17) is 0 Å². The molecule has 0 aromatic carbocycles. The minimum Gasteiger partial charge on any atom is -0.371 e. The zero-order chi connectivity index (χ0) is 25.6. The fraction of sp³-hybridized carbons (Fsp3) is 0.429. The summed E-state index contributed by atoms with van der Waals surface area (Å²) in [5.41, 5.74) is 2.14. The molecule has 0 spiro atoms. The van der Waals surface area contributed by atoms with Crippen molar-refractivity contribution in [1.82, 2.24) is 39.5 Å². The van der Waals surface area contributed by atoms with Crippen molar-refractivity contribution in [3.05, 3.63) is 24.4 Å². The Morgan fingerprint density at radius 3 is 2.75 bits per heavy atom. The van der Waals surface area contributed by atoms with Crippen LogP contribution in [0, 0.1) is 0 Å². The summed E-state index contributed by atoms with van der Waals surface area (Å²) in [7, 11) is 1.63. The Morgan fingerprint density at radius 1 is 1.25 bits per heavy atom. The lowest BCUT2D eigenvalue weighted by atomic mass is 10.0. The van der Waals surface area contributed by atoms with E-state index >= 15 is 0 Å². The molecule has 15 heteroatoms. The van der Waals surface area contributed by atoms with Gasteiger partial charge in [-0.05, 0) is 24.6 Å². The highest BCUT2D eigenvalue weighted by atomic mass is 19.3. The molecule has 2 N–H and O–H groups in total. The van der Waals surface area contributed by atoms with Crippen LogP contribution in [-0.2, 0) is 11.3 Å². The highest BCUT2D eigenvalue weighted by molar-refractivity contribution is 5.89. The maximum atomic E-state index is 14.7. The molecule has 11 nitrogen and oxygen atoms in total. The molecule has 190 valence electrons. The Labute approximate surface area is 201 Å². The number of hydrogen-bond donors (Lipinski definition) is 2. The van der Waals surface area contributed by atoms with Crippen molar-refractivity contribution >= 4 is 34.4 Å². The van der Waals surface area contributed by atoms with Crippen LogP contribution in [0.3, 0.4) is 0 Å². The molecule has 1 saturated heterocycles. The highest BCUT2D eigenvalue weighted by Crippen LogP contribution is 2.32. The van der Waals surface area contributed by atoms with Crippen LogP contribution in [0.15, 0.2) is 24.4 Å². The predicted octanol–water partition coefficient (Wildman–Crippen LogP) is 2.51. The summed E-state index contributed by atoms with van der Waals surface area (Å²) in [4.78, 5) is 21.5. The van der Waals surface area contributed by atoms with Gasteiger partial charge in [-0.1, -0.05) is 5.21 Å². The summed E-state index contributed by atoms with van der Waals surface area (Å²) in [6.45, 7) is 0.140. The number of hydrogen-bond acceptors (Lipinski definition) is 8. The van der Waals surface area contributed by atoms with Crippen molar-refractivity contribution in [2.24, 2.45) is 0 Å². The van der Waals surface area contributed by atoms with Crippen LogP contribution in [0.2, 0.25) is 0 Å². The molecule has 4 aromatic heterocycles. The zero-order valence-electron chi connectivity index (χ0n) is 19.3. The summed E-state index contributed by atoms with van der Waals surface area (Å²) in [5, 5.41) is 17.6. The number of fused-ring (bicyclic) bond motifs is 2. The van der Waals surface area contributed by atoms with Crippen molar-refractivity contribution in [2.75, 3.05) is 30.8 Å². The number of carbonyl (C=O) groups excluding carboxylic acids is 1. The number of nitrogens with zero attached hydrogens (tertiary/aromatic N) is 8. The molecule has 5 rings (SSSR count). The highest BCUT2D eigenvalue weighted by Gasteiger charge is 2.45. The van der Waals surface area contributed by atoms with Gasteiger partial charge in [0.1, 0.15) is 17.6 Å². The molecule has 0 radical (unpaired) electrons. The van der Waals surface area contributed by atoms with E-state index in [1.165, 1.54) is 11.4 Å². The molecule has 36 heavy (non-hydrogen) atoms. The van der Waals surface area contributed by atoms with Crippen molar-refractivity contribution < 1.29 is 22.4 Å². The molecule has 1 unspecified atom stereocenters. The molecule has 1 aliphatic heterocycles. The number of halogens is 4. The van der Waals surface area contributed by atoms with Gasteiger partial charge in [-0.3, -0.25) is 4.79 Å². The van der Waals surface area contributed by atoms with E-state index in [0.29, 0.717) is 28.1 Å². The summed E-state index contributed by atoms with van der Waals surface area (Å²) < 4.78 is 57.7. The molecular weight excluding hydrogens is 484 g/mol. The minimum absolute atomic E-state index is 0.0161. The second-order valence-corrected chi connectivity index (χ2v) is 8.45. The lowest BCUT2D eigenvalue weighted by Gasteiger charge is -2.38. The van der Waals surface area contributed by atoms with Gasteiger partial charge in [0, 0.05) is 32.3 Å². The van der Waals surface area contributed by atoms with Gasteiger partial charge in [-0.15, -0.1) is 10.2 Å². The Morgan fingerprint density at radius 2 is 2.06 bits per heavy atom. The van der Waals surface area contributed by atoms with E-state index in [-0.39, 0.29) is 24.6 Å². The van der Waals surface area contributed by atoms with Crippen LogP contribution in [0.25, 0.3) is 27.9 Å². The number of likely N-dealkylation sites (tertiary alicyclic amines) is 1. The number of aromatic nitrogens is 7. The van der Waals surface area contributed by atoms with Crippen molar-refractivity contribution in [3.63, 3.8) is 0 Å². The summed E-state index contributed by atoms with van der Waals surface area (Å²) in [6, 6.07) is 3.76. The Balaban J connectivity index is 1.48. The normalized spacial score (nSPS) is 17.8. The van der Waals surface area contributed by atoms with Gasteiger partial charge < -0.3 is 15.5 Å². The first-order chi connectivity index (χ1) is 17.2. The Kier molecular flexibility index (Phi) is 5.84. The van der Waals surface area contributed by atoms with E-state index < -0.39 is 37.4 Å². The smallest absolute Gasteiger partial charge is 0.285 e. The molecule has 1 aliphatic rings. The van der Waals surface area contributed by atoms with Gasteiger partial charge in [-0.25, -0.2) is 31.7 Å². The van der Waals surface area contributed by atoms with Crippen molar-refractivity contribution in [1.29, 1.82) is 0 Å². The van der Waals surface area contributed by atoms with Crippen molar-refractivity contribution in [3.8, 4) is 11.3 Å². The van der Waals surface area contributed by atoms with Crippen LogP contribution >= 0.6 is 0 Å². The molecule has 1 atom stereocenters. The average Bonchev–Trinajstić information content (AvgIpc) is 3.43. The molecule has 1 fully saturated rings. The van der Waals surface area contributed by atoms with Crippen molar-refractivity contribution in [2.45, 2.75) is 38.3 Å². The van der Waals surface area contributed by atoms with Gasteiger partial charge in [0.15, 0.2) is 11.5 Å². The van der Waals surface area contributed by atoms with Crippen LogP contribution in [0.4, 0.5) is 29.3 Å². The van der Waals surface area contributed by atoms with Crippen LogP contribution in [0.5, 0.6) is 0 Å². The zero-order valence-corrected chi connectivity index (χ0v) is 19.3. The van der Waals surface area contributed by atoms with E-state index in [0.717, 1.165) is 9.58 Å². The Bertz CT molecular complexity index is 1440. The number of alkyl halides is 4. The molecule has 5 heterocycles. The molecule has 0 saturated carbocycles. The summed E-state index contributed by atoms with van der Waals surface area (Å²) >= 11 is 0. The minimum atomic E-state index is -3.17. The number of piperidine rings is 1. The first-order valence-corrected chi connectivity index (χ1v) is 11.1. The summed E-state index contributed by atoms with van der Waals surface area (Å²) in [6.07, 6.45) is -0.965. The van der Waals surface area contributed by atoms with E-state index in [1.54, 1.807) is 31.4 Å². The van der Waals surface area contributed by atoms with Gasteiger partial charge >= 0.3 is 0 Å². The Hall–Kier alpha value is -4.04. The van der Waals surface area contributed by atoms with Crippen LogP contribution in [-0.4, -0.2) is 83.9 Å². The second-order valence-electron chi connectivity index (χ2n) is 8.45. The third kappa shape index (κ3) is 4.24. The van der Waals surface area contributed by atoms with E-state index in [1.807, 2.05) is 0 Å². The topological polar surface area (TPSA) is 118 Å². The molecule has 4 aromatic rings. The average molecular weight is 506 g/mol. The SMILES string of the molecule is CNc1nc(NC2CCN(C(C)=O)CC2(F)F)nn2ccc(-c3ccc4nnn(CC(F)F)c4n3)c12. The molecule has 0 bridgehead atoms. The first-order valence-electron chi connectivity index (χ1n) is 11.1. The largest absolute Gasteiger partial charge is 0.371 e. The summed E-state index contributed by atoms with van der Waals surface area (Å²) in [5.74, 6) is -3.24. The number of amides is 1. The number of anilines is 2. The van der Waals surface area contributed by atoms with Gasteiger partial charge in [-0.2, -0.15) is 4.98 Å². The first kappa shape index (κ1) is 23.7. The van der Waals surface area contributed by atoms with Crippen LogP contribution < -0.4 is 10.6 Å². The second kappa shape index (κ2) is 8.87. The lowest BCUT2D eigenvalue weighted by molar-refractivity contribution is -0.140. The molecule has 1 amide bonds. The molecule has 0 aliphatic carbocycles. The third-order valence-electron chi connectivity index (χ3n) is 6.04.